The lowest BCUT2D eigenvalue weighted by molar-refractivity contribution is -0.141. The fraction of sp³-hybridized carbons (Fsp3) is 0.286. The van der Waals surface area contributed by atoms with Crippen LogP contribution in [-0.2, 0) is 6.18 Å². The van der Waals surface area contributed by atoms with Crippen molar-refractivity contribution in [2.24, 2.45) is 0 Å². The topological polar surface area (TPSA) is 58.8 Å². The summed E-state index contributed by atoms with van der Waals surface area (Å²) in [7, 11) is 1.16. The molecule has 0 atom stereocenters. The van der Waals surface area contributed by atoms with E-state index in [1.54, 1.807) is 0 Å². The normalized spacial score (nSPS) is 10.8. The number of alkyl halides is 3. The Morgan fingerprint density at radius 2 is 2.07 bits per heavy atom. The number of ether oxygens (including phenoxy) is 1. The average Bonchev–Trinajstić information content (AvgIpc) is 2.15. The van der Waals surface area contributed by atoms with Crippen molar-refractivity contribution in [3.63, 3.8) is 0 Å². The lowest BCUT2D eigenvalue weighted by Crippen LogP contribution is -2.10. The molecular formula is C7H4F3N3O. The molecule has 1 heterocycles. The Bertz CT molecular complexity index is 383. The molecule has 0 radical (unpaired) electrons. The van der Waals surface area contributed by atoms with Crippen LogP contribution in [0, 0.1) is 11.3 Å². The number of rotatable bonds is 1. The smallest absolute Gasteiger partial charge is 0.433 e. The molecule has 0 aliphatic rings. The van der Waals surface area contributed by atoms with Crippen molar-refractivity contribution in [2.45, 2.75) is 6.18 Å². The minimum atomic E-state index is -4.61. The molecule has 0 saturated heterocycles. The molecule has 0 fully saturated rings. The van der Waals surface area contributed by atoms with Gasteiger partial charge in [0.2, 0.25) is 11.7 Å². The first-order valence-corrected chi connectivity index (χ1v) is 3.37. The van der Waals surface area contributed by atoms with Crippen LogP contribution in [0.2, 0.25) is 0 Å². The highest BCUT2D eigenvalue weighted by molar-refractivity contribution is 5.23. The van der Waals surface area contributed by atoms with Crippen LogP contribution in [0.3, 0.4) is 0 Å². The van der Waals surface area contributed by atoms with Crippen LogP contribution in [0.5, 0.6) is 5.88 Å². The molecule has 0 aromatic carbocycles. The third-order valence-corrected chi connectivity index (χ3v) is 1.30. The van der Waals surface area contributed by atoms with Crippen molar-refractivity contribution >= 4 is 0 Å². The molecule has 4 nitrogen and oxygen atoms in total. The second-order valence-corrected chi connectivity index (χ2v) is 2.23. The second-order valence-electron chi connectivity index (χ2n) is 2.23. The summed E-state index contributed by atoms with van der Waals surface area (Å²) in [5, 5.41) is 8.35. The Labute approximate surface area is 77.0 Å². The first kappa shape index (κ1) is 10.2. The summed E-state index contributed by atoms with van der Waals surface area (Å²) >= 11 is 0. The van der Waals surface area contributed by atoms with Crippen molar-refractivity contribution in [3.8, 4) is 11.9 Å². The van der Waals surface area contributed by atoms with Gasteiger partial charge < -0.3 is 4.74 Å². The van der Waals surface area contributed by atoms with Crippen molar-refractivity contribution in [2.75, 3.05) is 7.11 Å². The third-order valence-electron chi connectivity index (χ3n) is 1.30. The predicted octanol–water partition coefficient (Wildman–Crippen LogP) is 1.38. The van der Waals surface area contributed by atoms with E-state index in [-0.39, 0.29) is 5.88 Å². The number of nitrogens with zero attached hydrogens (tertiary/aromatic N) is 3. The predicted molar refractivity (Wildman–Crippen MR) is 38.3 cm³/mol. The zero-order chi connectivity index (χ0) is 10.8. The molecule has 0 unspecified atom stereocenters. The van der Waals surface area contributed by atoms with E-state index in [1.807, 2.05) is 0 Å². The molecule has 1 aromatic heterocycles. The summed E-state index contributed by atoms with van der Waals surface area (Å²) in [6.07, 6.45) is -4.61. The third kappa shape index (κ3) is 2.10. The van der Waals surface area contributed by atoms with Crippen LogP contribution in [0.1, 0.15) is 11.5 Å². The Kier molecular flexibility index (Phi) is 2.56. The standard InChI is InChI=1S/C7H4F3N3O/c1-14-6-2-4(7(8,9)10)12-5(3-11)13-6/h2H,1H3. The van der Waals surface area contributed by atoms with E-state index in [1.165, 1.54) is 6.07 Å². The summed E-state index contributed by atoms with van der Waals surface area (Å²) < 4.78 is 41.0. The van der Waals surface area contributed by atoms with Gasteiger partial charge in [0.05, 0.1) is 7.11 Å². The zero-order valence-corrected chi connectivity index (χ0v) is 6.96. The van der Waals surface area contributed by atoms with E-state index < -0.39 is 17.7 Å². The monoisotopic (exact) mass is 203 g/mol. The van der Waals surface area contributed by atoms with E-state index in [2.05, 4.69) is 14.7 Å². The van der Waals surface area contributed by atoms with Crippen LogP contribution in [0.25, 0.3) is 0 Å². The Hall–Kier alpha value is -1.84. The zero-order valence-electron chi connectivity index (χ0n) is 6.96. The Morgan fingerprint density at radius 3 is 2.50 bits per heavy atom. The van der Waals surface area contributed by atoms with Gasteiger partial charge in [0.25, 0.3) is 0 Å². The maximum absolute atomic E-state index is 12.2. The Morgan fingerprint density at radius 1 is 1.43 bits per heavy atom. The van der Waals surface area contributed by atoms with Gasteiger partial charge in [-0.15, -0.1) is 0 Å². The number of methoxy groups -OCH3 is 1. The van der Waals surface area contributed by atoms with E-state index in [0.29, 0.717) is 6.07 Å². The average molecular weight is 203 g/mol. The molecule has 14 heavy (non-hydrogen) atoms. The number of hydrogen-bond donors (Lipinski definition) is 0. The van der Waals surface area contributed by atoms with E-state index in [4.69, 9.17) is 5.26 Å². The summed E-state index contributed by atoms with van der Waals surface area (Å²) in [5.74, 6) is -0.861. The fourth-order valence-corrected chi connectivity index (χ4v) is 0.725. The molecule has 0 spiro atoms. The van der Waals surface area contributed by atoms with Crippen molar-refractivity contribution in [1.29, 1.82) is 5.26 Å². The van der Waals surface area contributed by atoms with Crippen molar-refractivity contribution < 1.29 is 17.9 Å². The maximum Gasteiger partial charge on any atom is 0.433 e. The number of hydrogen-bond acceptors (Lipinski definition) is 4. The number of halogens is 3. The fourth-order valence-electron chi connectivity index (χ4n) is 0.725. The van der Waals surface area contributed by atoms with Gasteiger partial charge in [0.15, 0.2) is 5.69 Å². The van der Waals surface area contributed by atoms with E-state index in [9.17, 15) is 13.2 Å². The summed E-state index contributed by atoms with van der Waals surface area (Å²) in [4.78, 5) is 6.38. The molecular weight excluding hydrogens is 199 g/mol. The molecule has 0 bridgehead atoms. The van der Waals surface area contributed by atoms with Gasteiger partial charge in [-0.05, 0) is 0 Å². The molecule has 1 rings (SSSR count). The second kappa shape index (κ2) is 3.49. The van der Waals surface area contributed by atoms with Gasteiger partial charge in [-0.25, -0.2) is 4.98 Å². The first-order valence-electron chi connectivity index (χ1n) is 3.37. The van der Waals surface area contributed by atoms with Crippen LogP contribution < -0.4 is 4.74 Å². The molecule has 0 amide bonds. The van der Waals surface area contributed by atoms with Gasteiger partial charge in [-0.2, -0.15) is 23.4 Å². The van der Waals surface area contributed by atoms with Gasteiger partial charge in [-0.1, -0.05) is 0 Å². The lowest BCUT2D eigenvalue weighted by atomic mass is 10.4. The van der Waals surface area contributed by atoms with E-state index >= 15 is 0 Å². The van der Waals surface area contributed by atoms with E-state index in [0.717, 1.165) is 7.11 Å². The largest absolute Gasteiger partial charge is 0.481 e. The minimum absolute atomic E-state index is 0.288. The highest BCUT2D eigenvalue weighted by Crippen LogP contribution is 2.29. The van der Waals surface area contributed by atoms with Gasteiger partial charge >= 0.3 is 6.18 Å². The van der Waals surface area contributed by atoms with Crippen LogP contribution in [0.15, 0.2) is 6.07 Å². The SMILES string of the molecule is COc1cc(C(F)(F)F)nc(C#N)n1. The maximum atomic E-state index is 12.2. The number of nitriles is 1. The molecule has 74 valence electrons. The van der Waals surface area contributed by atoms with Gasteiger partial charge in [-0.3, -0.25) is 0 Å². The molecule has 0 aliphatic heterocycles. The van der Waals surface area contributed by atoms with Crippen molar-refractivity contribution in [3.05, 3.63) is 17.6 Å². The minimum Gasteiger partial charge on any atom is -0.481 e. The molecule has 0 aliphatic carbocycles. The molecule has 0 saturated carbocycles. The van der Waals surface area contributed by atoms with Gasteiger partial charge in [0, 0.05) is 6.07 Å². The summed E-state index contributed by atoms with van der Waals surface area (Å²) in [5.41, 5.74) is -1.19. The summed E-state index contributed by atoms with van der Waals surface area (Å²) in [6, 6.07) is 2.04. The van der Waals surface area contributed by atoms with Crippen LogP contribution in [-0.4, -0.2) is 17.1 Å². The van der Waals surface area contributed by atoms with Gasteiger partial charge in [0.1, 0.15) is 6.07 Å². The van der Waals surface area contributed by atoms with Crippen LogP contribution >= 0.6 is 0 Å². The highest BCUT2D eigenvalue weighted by Gasteiger charge is 2.33. The molecule has 7 heteroatoms. The van der Waals surface area contributed by atoms with Crippen LogP contribution in [0.4, 0.5) is 13.2 Å². The molecule has 1 aromatic rings. The van der Waals surface area contributed by atoms with Crippen molar-refractivity contribution in [1.82, 2.24) is 9.97 Å². The molecule has 0 N–H and O–H groups in total. The quantitative estimate of drug-likeness (QED) is 0.691. The lowest BCUT2D eigenvalue weighted by Gasteiger charge is -2.06. The summed E-state index contributed by atoms with van der Waals surface area (Å²) in [6.45, 7) is 0. The first-order chi connectivity index (χ1) is 6.47. The number of aromatic nitrogens is 2. The highest BCUT2D eigenvalue weighted by atomic mass is 19.4. The Balaban J connectivity index is 3.26.